The van der Waals surface area contributed by atoms with Gasteiger partial charge in [-0.15, -0.1) is 13.2 Å². The molecular formula is C32H38F3N3O8S. The second-order valence-corrected chi connectivity index (χ2v) is 13.5. The molecule has 3 aromatic rings. The lowest BCUT2D eigenvalue weighted by Crippen LogP contribution is -2.55. The number of nitrogens with one attached hydrogen (secondary N) is 1. The Balaban J connectivity index is 1.53. The van der Waals surface area contributed by atoms with Crippen LogP contribution in [-0.4, -0.2) is 84.6 Å². The van der Waals surface area contributed by atoms with E-state index in [9.17, 15) is 41.7 Å². The lowest BCUT2D eigenvalue weighted by molar-refractivity contribution is -0.274. The van der Waals surface area contributed by atoms with Crippen molar-refractivity contribution in [2.24, 2.45) is 5.92 Å². The average Bonchev–Trinajstić information content (AvgIpc) is 3.41. The molecule has 0 saturated carbocycles. The van der Waals surface area contributed by atoms with Gasteiger partial charge < -0.3 is 24.8 Å². The number of ether oxygens (including phenoxy) is 2. The number of hydrogen-bond donors (Lipinski definition) is 4. The SMILES string of the molecule is CC(C)CN(C[C@@H](O)[C@H](Cc1ccccc1)NC(O)[C@@H]1CN(c2cccc(OC(F)(F)F)c2)C(=O)O1)S(=O)(=O)c1ccc(CO)cc1. The van der Waals surface area contributed by atoms with Crippen molar-refractivity contribution in [2.75, 3.05) is 24.5 Å². The highest BCUT2D eigenvalue weighted by Crippen LogP contribution is 2.30. The number of hydrogen-bond acceptors (Lipinski definition) is 9. The standard InChI is InChI=1S/C32H38F3N3O8S/c1-21(2)17-37(47(43,44)26-13-11-23(20-39)12-14-26)18-28(40)27(15-22-7-4-3-5-8-22)36-30(41)29-19-38(31(42)45-29)24-9-6-10-25(16-24)46-32(33,34)35/h3-14,16,21,27-30,36,39-41H,15,17-20H2,1-2H3/t27-,28+,29-,30?/m0/s1. The van der Waals surface area contributed by atoms with Crippen LogP contribution in [0.25, 0.3) is 0 Å². The number of carbonyl (C=O) groups is 1. The number of cyclic esters (lactones) is 1. The number of sulfonamides is 1. The zero-order valence-electron chi connectivity index (χ0n) is 25.7. The number of nitrogens with zero attached hydrogens (tertiary/aromatic N) is 2. The Kier molecular flexibility index (Phi) is 11.9. The number of aliphatic hydroxyl groups is 3. The van der Waals surface area contributed by atoms with E-state index in [1.54, 1.807) is 30.3 Å². The van der Waals surface area contributed by atoms with Crippen LogP contribution in [0.2, 0.25) is 0 Å². The molecule has 3 aromatic carbocycles. The zero-order chi connectivity index (χ0) is 34.4. The second kappa shape index (κ2) is 15.4. The van der Waals surface area contributed by atoms with Crippen LogP contribution in [0.1, 0.15) is 25.0 Å². The molecule has 256 valence electrons. The number of rotatable bonds is 15. The van der Waals surface area contributed by atoms with Crippen LogP contribution < -0.4 is 15.0 Å². The summed E-state index contributed by atoms with van der Waals surface area (Å²) < 4.78 is 76.0. The monoisotopic (exact) mass is 681 g/mol. The Morgan fingerprint density at radius 3 is 2.30 bits per heavy atom. The number of carbonyl (C=O) groups excluding carboxylic acids is 1. The highest BCUT2D eigenvalue weighted by atomic mass is 32.2. The van der Waals surface area contributed by atoms with E-state index in [2.05, 4.69) is 10.1 Å². The number of benzene rings is 3. The number of anilines is 1. The molecule has 15 heteroatoms. The molecule has 0 bridgehead atoms. The summed E-state index contributed by atoms with van der Waals surface area (Å²) in [7, 11) is -4.08. The average molecular weight is 682 g/mol. The molecule has 0 aromatic heterocycles. The van der Waals surface area contributed by atoms with Gasteiger partial charge in [-0.1, -0.05) is 62.4 Å². The van der Waals surface area contributed by atoms with Gasteiger partial charge in [0.15, 0.2) is 6.10 Å². The van der Waals surface area contributed by atoms with Crippen LogP contribution in [0.3, 0.4) is 0 Å². The van der Waals surface area contributed by atoms with Crippen LogP contribution in [0.4, 0.5) is 23.7 Å². The topological polar surface area (TPSA) is 149 Å². The summed E-state index contributed by atoms with van der Waals surface area (Å²) in [4.78, 5) is 13.7. The summed E-state index contributed by atoms with van der Waals surface area (Å²) in [6.45, 7) is 2.90. The Morgan fingerprint density at radius 1 is 1.00 bits per heavy atom. The normalized spacial score (nSPS) is 17.5. The molecule has 0 aliphatic carbocycles. The maximum absolute atomic E-state index is 13.7. The maximum Gasteiger partial charge on any atom is 0.573 e. The summed E-state index contributed by atoms with van der Waals surface area (Å²) >= 11 is 0. The minimum atomic E-state index is -4.93. The summed E-state index contributed by atoms with van der Waals surface area (Å²) in [5.41, 5.74) is 1.35. The number of aliphatic hydroxyl groups excluding tert-OH is 3. The fourth-order valence-corrected chi connectivity index (χ4v) is 6.76. The van der Waals surface area contributed by atoms with Crippen molar-refractivity contribution in [3.8, 4) is 5.75 Å². The van der Waals surface area contributed by atoms with Gasteiger partial charge >= 0.3 is 12.5 Å². The first-order valence-electron chi connectivity index (χ1n) is 14.9. The largest absolute Gasteiger partial charge is 0.573 e. The Morgan fingerprint density at radius 2 is 1.68 bits per heavy atom. The van der Waals surface area contributed by atoms with Gasteiger partial charge in [0.1, 0.15) is 12.0 Å². The quantitative estimate of drug-likeness (QED) is 0.177. The molecule has 11 nitrogen and oxygen atoms in total. The van der Waals surface area contributed by atoms with Gasteiger partial charge in [-0.3, -0.25) is 10.2 Å². The number of alkyl halides is 3. The van der Waals surface area contributed by atoms with Crippen molar-refractivity contribution >= 4 is 21.8 Å². The molecule has 4 atom stereocenters. The molecular weight excluding hydrogens is 643 g/mol. The fraction of sp³-hybridized carbons (Fsp3) is 0.406. The van der Waals surface area contributed by atoms with E-state index in [4.69, 9.17) is 4.74 Å². The van der Waals surface area contributed by atoms with E-state index in [-0.39, 0.29) is 49.2 Å². The zero-order valence-corrected chi connectivity index (χ0v) is 26.6. The highest BCUT2D eigenvalue weighted by molar-refractivity contribution is 7.89. The Hall–Kier alpha value is -3.73. The van der Waals surface area contributed by atoms with Crippen LogP contribution >= 0.6 is 0 Å². The first kappa shape index (κ1) is 36.1. The Bertz CT molecular complexity index is 1580. The lowest BCUT2D eigenvalue weighted by Gasteiger charge is -2.32. The Labute approximate surface area is 271 Å². The van der Waals surface area contributed by atoms with Crippen molar-refractivity contribution in [2.45, 2.75) is 62.6 Å². The molecule has 1 unspecified atom stereocenters. The fourth-order valence-electron chi connectivity index (χ4n) is 5.14. The minimum absolute atomic E-state index is 0.0159. The molecule has 1 saturated heterocycles. The summed E-state index contributed by atoms with van der Waals surface area (Å²) in [5, 5.41) is 34.9. The number of halogens is 3. The molecule has 1 amide bonds. The van der Waals surface area contributed by atoms with Crippen LogP contribution in [0.5, 0.6) is 5.75 Å². The van der Waals surface area contributed by atoms with Crippen LogP contribution in [0, 0.1) is 5.92 Å². The maximum atomic E-state index is 13.7. The first-order valence-corrected chi connectivity index (χ1v) is 16.3. The predicted octanol–water partition coefficient (Wildman–Crippen LogP) is 3.63. The van der Waals surface area contributed by atoms with Crippen LogP contribution in [0.15, 0.2) is 83.8 Å². The molecule has 4 rings (SSSR count). The van der Waals surface area contributed by atoms with Crippen molar-refractivity contribution in [3.63, 3.8) is 0 Å². The summed E-state index contributed by atoms with van der Waals surface area (Å²) in [6.07, 6.45) is -9.80. The van der Waals surface area contributed by atoms with E-state index in [1.165, 1.54) is 36.4 Å². The van der Waals surface area contributed by atoms with Crippen molar-refractivity contribution in [1.82, 2.24) is 9.62 Å². The van der Waals surface area contributed by atoms with Gasteiger partial charge in [-0.05, 0) is 47.7 Å². The lowest BCUT2D eigenvalue weighted by atomic mass is 10.00. The van der Waals surface area contributed by atoms with Gasteiger partial charge in [0.2, 0.25) is 10.0 Å². The third-order valence-corrected chi connectivity index (χ3v) is 9.25. The van der Waals surface area contributed by atoms with Gasteiger partial charge in [0.05, 0.1) is 29.8 Å². The highest BCUT2D eigenvalue weighted by Gasteiger charge is 2.40. The smallest absolute Gasteiger partial charge is 0.440 e. The molecule has 0 radical (unpaired) electrons. The summed E-state index contributed by atoms with van der Waals surface area (Å²) in [6, 6.07) is 18.5. The molecule has 4 N–H and O–H groups in total. The van der Waals surface area contributed by atoms with E-state index in [0.717, 1.165) is 26.9 Å². The van der Waals surface area contributed by atoms with E-state index in [0.29, 0.717) is 5.56 Å². The minimum Gasteiger partial charge on any atom is -0.440 e. The van der Waals surface area contributed by atoms with Crippen molar-refractivity contribution in [1.29, 1.82) is 0 Å². The third kappa shape index (κ3) is 9.89. The van der Waals surface area contributed by atoms with Crippen molar-refractivity contribution < 1.29 is 51.2 Å². The molecule has 1 aliphatic rings. The van der Waals surface area contributed by atoms with Gasteiger partial charge in [0.25, 0.3) is 0 Å². The predicted molar refractivity (Wildman–Crippen MR) is 166 cm³/mol. The van der Waals surface area contributed by atoms with Crippen LogP contribution in [-0.2, 0) is 27.8 Å². The molecule has 1 aliphatic heterocycles. The second-order valence-electron chi connectivity index (χ2n) is 11.6. The molecule has 47 heavy (non-hydrogen) atoms. The van der Waals surface area contributed by atoms with Gasteiger partial charge in [-0.25, -0.2) is 13.2 Å². The van der Waals surface area contributed by atoms with E-state index in [1.807, 2.05) is 13.8 Å². The van der Waals surface area contributed by atoms with E-state index >= 15 is 0 Å². The summed E-state index contributed by atoms with van der Waals surface area (Å²) in [5.74, 6) is -0.648. The molecule has 1 fully saturated rings. The van der Waals surface area contributed by atoms with Gasteiger partial charge in [-0.2, -0.15) is 4.31 Å². The molecule has 0 spiro atoms. The first-order chi connectivity index (χ1) is 22.2. The van der Waals surface area contributed by atoms with E-state index < -0.39 is 52.7 Å². The molecule has 1 heterocycles. The third-order valence-electron chi connectivity index (χ3n) is 7.40. The number of amides is 1. The van der Waals surface area contributed by atoms with Crippen molar-refractivity contribution in [3.05, 3.63) is 90.0 Å². The van der Waals surface area contributed by atoms with Gasteiger partial charge in [0, 0.05) is 25.2 Å².